The van der Waals surface area contributed by atoms with Crippen LogP contribution in [0.3, 0.4) is 0 Å². The molecular weight excluding hydrogens is 352 g/mol. The maximum absolute atomic E-state index is 12.8. The lowest BCUT2D eigenvalue weighted by Crippen LogP contribution is -2.52. The number of sulfonamides is 2. The Morgan fingerprint density at radius 2 is 1.62 bits per heavy atom. The Kier molecular flexibility index (Phi) is 4.30. The van der Waals surface area contributed by atoms with Crippen LogP contribution in [0.2, 0.25) is 0 Å². The molecule has 0 radical (unpaired) electrons. The molecule has 0 amide bonds. The van der Waals surface area contributed by atoms with Gasteiger partial charge in [-0.1, -0.05) is 0 Å². The highest BCUT2D eigenvalue weighted by Crippen LogP contribution is 2.38. The minimum atomic E-state index is -3.67. The molecule has 8 nitrogen and oxygen atoms in total. The first-order valence-corrected chi connectivity index (χ1v) is 11.3. The molecule has 3 heterocycles. The van der Waals surface area contributed by atoms with Crippen LogP contribution in [0.4, 0.5) is 0 Å². The highest BCUT2D eigenvalue weighted by Gasteiger charge is 2.46. The summed E-state index contributed by atoms with van der Waals surface area (Å²) in [4.78, 5) is 0.225. The van der Waals surface area contributed by atoms with Crippen molar-refractivity contribution in [1.82, 2.24) is 18.8 Å². The van der Waals surface area contributed by atoms with E-state index in [0.717, 1.165) is 12.8 Å². The molecule has 2 aliphatic heterocycles. The molecule has 0 aromatic carbocycles. The Bertz CT molecular complexity index is 846. The first-order valence-electron chi connectivity index (χ1n) is 8.01. The fraction of sp³-hybridized carbons (Fsp3) is 0.786. The Morgan fingerprint density at radius 3 is 2.04 bits per heavy atom. The monoisotopic (exact) mass is 376 g/mol. The summed E-state index contributed by atoms with van der Waals surface area (Å²) in [6.45, 7) is 3.40. The van der Waals surface area contributed by atoms with Gasteiger partial charge >= 0.3 is 0 Å². The molecule has 0 aliphatic carbocycles. The van der Waals surface area contributed by atoms with E-state index in [2.05, 4.69) is 9.82 Å². The summed E-state index contributed by atoms with van der Waals surface area (Å²) in [6.07, 6.45) is 3.84. The number of fused-ring (bicyclic) bond motifs is 2. The molecule has 3 rings (SSSR count). The van der Waals surface area contributed by atoms with Crippen molar-refractivity contribution in [1.29, 1.82) is 0 Å². The zero-order chi connectivity index (χ0) is 17.9. The molecule has 1 N–H and O–H groups in total. The van der Waals surface area contributed by atoms with Gasteiger partial charge in [-0.2, -0.15) is 9.40 Å². The first kappa shape index (κ1) is 17.8. The standard InChI is InChI=1S/C14H24N4O4S2/c1-9-14(10(2)17(3)15-9)24(21,22)16-11-7-12-5-6-13(8-11)18(12)23(4,19)20/h11-13,16H,5-8H2,1-4H3. The lowest BCUT2D eigenvalue weighted by molar-refractivity contribution is 0.221. The number of aryl methyl sites for hydroxylation is 2. The summed E-state index contributed by atoms with van der Waals surface area (Å²) >= 11 is 0. The van der Waals surface area contributed by atoms with Gasteiger partial charge in [-0.15, -0.1) is 0 Å². The third-order valence-electron chi connectivity index (χ3n) is 5.08. The number of piperidine rings is 1. The minimum absolute atomic E-state index is 0.109. The second kappa shape index (κ2) is 5.79. The van der Waals surface area contributed by atoms with Crippen molar-refractivity contribution >= 4 is 20.0 Å². The molecule has 2 unspecified atom stereocenters. The molecule has 2 saturated heterocycles. The summed E-state index contributed by atoms with van der Waals surface area (Å²) in [5, 5.41) is 4.17. The Morgan fingerprint density at radius 1 is 1.08 bits per heavy atom. The topological polar surface area (TPSA) is 101 Å². The van der Waals surface area contributed by atoms with Crippen molar-refractivity contribution in [3.8, 4) is 0 Å². The van der Waals surface area contributed by atoms with Crippen molar-refractivity contribution < 1.29 is 16.8 Å². The van der Waals surface area contributed by atoms with E-state index in [9.17, 15) is 16.8 Å². The molecule has 2 aliphatic rings. The van der Waals surface area contributed by atoms with Gasteiger partial charge in [-0.25, -0.2) is 21.6 Å². The molecule has 10 heteroatoms. The van der Waals surface area contributed by atoms with Gasteiger partial charge in [-0.05, 0) is 39.5 Å². The van der Waals surface area contributed by atoms with Gasteiger partial charge in [0.25, 0.3) is 0 Å². The van der Waals surface area contributed by atoms with Gasteiger partial charge in [0.15, 0.2) is 0 Å². The molecule has 0 spiro atoms. The van der Waals surface area contributed by atoms with Crippen molar-refractivity contribution in [2.75, 3.05) is 6.26 Å². The number of nitrogens with one attached hydrogen (secondary N) is 1. The van der Waals surface area contributed by atoms with Crippen LogP contribution in [0, 0.1) is 13.8 Å². The predicted octanol–water partition coefficient (Wildman–Crippen LogP) is 0.270. The Labute approximate surface area is 143 Å². The summed E-state index contributed by atoms with van der Waals surface area (Å²) < 4.78 is 55.3. The number of hydrogen-bond donors (Lipinski definition) is 1. The molecular formula is C14H24N4O4S2. The third-order valence-corrected chi connectivity index (χ3v) is 8.22. The highest BCUT2D eigenvalue weighted by molar-refractivity contribution is 7.89. The molecule has 2 bridgehead atoms. The summed E-state index contributed by atoms with van der Waals surface area (Å²) in [5.74, 6) is 0. The van der Waals surface area contributed by atoms with E-state index in [4.69, 9.17) is 0 Å². The van der Waals surface area contributed by atoms with Gasteiger partial charge in [-0.3, -0.25) is 4.68 Å². The van der Waals surface area contributed by atoms with Crippen molar-refractivity contribution in [2.24, 2.45) is 7.05 Å². The fourth-order valence-corrected chi connectivity index (χ4v) is 7.36. The van der Waals surface area contributed by atoms with Gasteiger partial charge < -0.3 is 0 Å². The zero-order valence-electron chi connectivity index (χ0n) is 14.4. The van der Waals surface area contributed by atoms with Crippen LogP contribution in [-0.2, 0) is 27.1 Å². The SMILES string of the molecule is Cc1nn(C)c(C)c1S(=O)(=O)NC1CC2CCC(C1)N2S(C)(=O)=O. The van der Waals surface area contributed by atoms with Crippen LogP contribution in [0.15, 0.2) is 4.90 Å². The van der Waals surface area contributed by atoms with Crippen molar-refractivity contribution in [3.63, 3.8) is 0 Å². The average molecular weight is 377 g/mol. The molecule has 1 aromatic rings. The smallest absolute Gasteiger partial charge is 0.244 e. The Hall–Kier alpha value is -0.970. The molecule has 24 heavy (non-hydrogen) atoms. The molecule has 136 valence electrons. The maximum Gasteiger partial charge on any atom is 0.244 e. The molecule has 1 aromatic heterocycles. The van der Waals surface area contributed by atoms with Crippen molar-refractivity contribution in [3.05, 3.63) is 11.4 Å². The van der Waals surface area contributed by atoms with Crippen LogP contribution in [0.25, 0.3) is 0 Å². The lowest BCUT2D eigenvalue weighted by atomic mass is 10.0. The third kappa shape index (κ3) is 3.00. The summed E-state index contributed by atoms with van der Waals surface area (Å²) in [7, 11) is -5.21. The van der Waals surface area contributed by atoms with E-state index < -0.39 is 20.0 Å². The van der Waals surface area contributed by atoms with E-state index in [1.54, 1.807) is 29.9 Å². The first-order chi connectivity index (χ1) is 11.0. The summed E-state index contributed by atoms with van der Waals surface area (Å²) in [6, 6.07) is -0.463. The second-order valence-electron chi connectivity index (χ2n) is 6.89. The summed E-state index contributed by atoms with van der Waals surface area (Å²) in [5.41, 5.74) is 1.07. The van der Waals surface area contributed by atoms with Crippen LogP contribution in [0.5, 0.6) is 0 Å². The average Bonchev–Trinajstić information content (AvgIpc) is 2.84. The lowest BCUT2D eigenvalue weighted by Gasteiger charge is -2.37. The van der Waals surface area contributed by atoms with E-state index in [1.165, 1.54) is 6.26 Å². The number of aromatic nitrogens is 2. The highest BCUT2D eigenvalue weighted by atomic mass is 32.2. The van der Waals surface area contributed by atoms with E-state index in [1.807, 2.05) is 0 Å². The van der Waals surface area contributed by atoms with Crippen molar-refractivity contribution in [2.45, 2.75) is 62.6 Å². The van der Waals surface area contributed by atoms with Crippen LogP contribution in [0.1, 0.15) is 37.1 Å². The normalized spacial score (nSPS) is 28.4. The number of rotatable bonds is 4. The van der Waals surface area contributed by atoms with E-state index in [-0.39, 0.29) is 23.0 Å². The van der Waals surface area contributed by atoms with Gasteiger partial charge in [0.05, 0.1) is 17.6 Å². The van der Waals surface area contributed by atoms with Crippen LogP contribution < -0.4 is 4.72 Å². The molecule has 0 saturated carbocycles. The fourth-order valence-electron chi connectivity index (χ4n) is 4.19. The maximum atomic E-state index is 12.8. The van der Waals surface area contributed by atoms with E-state index >= 15 is 0 Å². The van der Waals surface area contributed by atoms with Crippen LogP contribution >= 0.6 is 0 Å². The largest absolute Gasteiger partial charge is 0.271 e. The van der Waals surface area contributed by atoms with Gasteiger partial charge in [0.2, 0.25) is 20.0 Å². The Balaban J connectivity index is 1.81. The molecule has 2 atom stereocenters. The predicted molar refractivity (Wildman–Crippen MR) is 89.5 cm³/mol. The molecule has 2 fully saturated rings. The van der Waals surface area contributed by atoms with E-state index in [0.29, 0.717) is 24.2 Å². The second-order valence-corrected chi connectivity index (χ2v) is 10.4. The van der Waals surface area contributed by atoms with Gasteiger partial charge in [0.1, 0.15) is 4.90 Å². The minimum Gasteiger partial charge on any atom is -0.271 e. The van der Waals surface area contributed by atoms with Crippen LogP contribution in [-0.4, -0.2) is 55.3 Å². The quantitative estimate of drug-likeness (QED) is 0.813. The van der Waals surface area contributed by atoms with Gasteiger partial charge in [0, 0.05) is 25.2 Å². The number of nitrogens with zero attached hydrogens (tertiary/aromatic N) is 3. The number of hydrogen-bond acceptors (Lipinski definition) is 5. The zero-order valence-corrected chi connectivity index (χ0v) is 16.0.